The summed E-state index contributed by atoms with van der Waals surface area (Å²) in [5.41, 5.74) is 2.03. The van der Waals surface area contributed by atoms with Crippen molar-refractivity contribution in [2.24, 2.45) is 4.99 Å². The van der Waals surface area contributed by atoms with Crippen LogP contribution in [0.3, 0.4) is 0 Å². The maximum Gasteiger partial charge on any atom is 0.327 e. The Morgan fingerprint density at radius 3 is 2.90 bits per heavy atom. The average Bonchev–Trinajstić information content (AvgIpc) is 2.81. The molecule has 7 nitrogen and oxygen atoms in total. The van der Waals surface area contributed by atoms with Gasteiger partial charge in [-0.25, -0.2) is 4.98 Å². The highest BCUT2D eigenvalue weighted by Crippen LogP contribution is 2.11. The Morgan fingerprint density at radius 1 is 1.57 bits per heavy atom. The topological polar surface area (TPSA) is 107 Å². The van der Waals surface area contributed by atoms with E-state index < -0.39 is 10.1 Å². The van der Waals surface area contributed by atoms with Gasteiger partial charge in [-0.3, -0.25) is 9.55 Å². The number of nitrogens with one attached hydrogen (secondary N) is 2. The largest absolute Gasteiger partial charge is 0.358 e. The van der Waals surface area contributed by atoms with Crippen molar-refractivity contribution in [3.63, 3.8) is 0 Å². The lowest BCUT2D eigenvalue weighted by Crippen LogP contribution is -2.33. The van der Waals surface area contributed by atoms with E-state index in [9.17, 15) is 8.42 Å². The minimum Gasteiger partial charge on any atom is -0.358 e. The first-order valence-corrected chi connectivity index (χ1v) is 9.37. The molecule has 9 heteroatoms. The van der Waals surface area contributed by atoms with Crippen LogP contribution in [0.15, 0.2) is 11.3 Å². The Kier molecular flexibility index (Phi) is 7.76. The first kappa shape index (κ1) is 18.0. The Bertz CT molecular complexity index is 555. The van der Waals surface area contributed by atoms with Gasteiger partial charge >= 0.3 is 10.1 Å². The second-order valence-corrected chi connectivity index (χ2v) is 6.91. The molecule has 0 aliphatic rings. The van der Waals surface area contributed by atoms with Crippen molar-refractivity contribution >= 4 is 27.0 Å². The fraction of sp³-hybridized carbons (Fsp3) is 0.667. The van der Waals surface area contributed by atoms with Gasteiger partial charge in [-0.1, -0.05) is 13.3 Å². The van der Waals surface area contributed by atoms with Gasteiger partial charge in [0.25, 0.3) is 0 Å². The molecule has 1 aromatic rings. The van der Waals surface area contributed by atoms with E-state index in [1.165, 1.54) is 0 Å². The zero-order valence-electron chi connectivity index (χ0n) is 12.3. The summed E-state index contributed by atoms with van der Waals surface area (Å²) >= 11 is 1.63. The Balaban J connectivity index is 2.33. The molecule has 0 fully saturated rings. The number of imidazole rings is 1. The SMILES string of the molecule is CCCCN=C(NCCSCc1nc[nH]c1C)S(=O)(=O)O. The molecule has 0 atom stereocenters. The van der Waals surface area contributed by atoms with Gasteiger partial charge in [0.1, 0.15) is 0 Å². The fourth-order valence-corrected chi connectivity index (χ4v) is 2.91. The summed E-state index contributed by atoms with van der Waals surface area (Å²) in [6.45, 7) is 4.75. The lowest BCUT2D eigenvalue weighted by Gasteiger charge is -2.07. The number of aryl methyl sites for hydroxylation is 1. The van der Waals surface area contributed by atoms with Crippen LogP contribution in [0.2, 0.25) is 0 Å². The highest BCUT2D eigenvalue weighted by atomic mass is 32.2. The van der Waals surface area contributed by atoms with E-state index in [0.29, 0.717) is 18.8 Å². The highest BCUT2D eigenvalue weighted by Gasteiger charge is 2.14. The summed E-state index contributed by atoms with van der Waals surface area (Å²) in [5, 5.41) is 2.34. The van der Waals surface area contributed by atoms with E-state index in [-0.39, 0.29) is 5.17 Å². The summed E-state index contributed by atoms with van der Waals surface area (Å²) < 4.78 is 31.4. The van der Waals surface area contributed by atoms with Crippen LogP contribution in [-0.4, -0.2) is 46.9 Å². The Morgan fingerprint density at radius 2 is 2.33 bits per heavy atom. The molecule has 0 saturated heterocycles. The first-order valence-electron chi connectivity index (χ1n) is 6.77. The maximum absolute atomic E-state index is 11.2. The van der Waals surface area contributed by atoms with E-state index in [1.54, 1.807) is 18.1 Å². The van der Waals surface area contributed by atoms with Gasteiger partial charge in [-0.15, -0.1) is 0 Å². The lowest BCUT2D eigenvalue weighted by atomic mass is 10.3. The molecule has 0 unspecified atom stereocenters. The second-order valence-electron chi connectivity index (χ2n) is 4.47. The summed E-state index contributed by atoms with van der Waals surface area (Å²) in [6, 6.07) is 0. The van der Waals surface area contributed by atoms with Gasteiger partial charge in [0, 0.05) is 30.3 Å². The van der Waals surface area contributed by atoms with Crippen molar-refractivity contribution in [1.29, 1.82) is 0 Å². The molecule has 1 heterocycles. The van der Waals surface area contributed by atoms with Gasteiger partial charge in [-0.2, -0.15) is 20.2 Å². The van der Waals surface area contributed by atoms with Gasteiger partial charge in [-0.05, 0) is 13.3 Å². The monoisotopic (exact) mass is 334 g/mol. The van der Waals surface area contributed by atoms with Gasteiger partial charge in [0.2, 0.25) is 5.17 Å². The number of hydrogen-bond acceptors (Lipinski definition) is 5. The van der Waals surface area contributed by atoms with Gasteiger partial charge < -0.3 is 10.3 Å². The summed E-state index contributed by atoms with van der Waals surface area (Å²) in [4.78, 5) is 11.1. The molecule has 0 saturated carbocycles. The molecule has 0 radical (unpaired) electrons. The molecule has 1 rings (SSSR count). The minimum atomic E-state index is -4.27. The van der Waals surface area contributed by atoms with E-state index in [2.05, 4.69) is 20.3 Å². The maximum atomic E-state index is 11.2. The van der Waals surface area contributed by atoms with Gasteiger partial charge in [0.05, 0.1) is 12.0 Å². The number of H-pyrrole nitrogens is 1. The molecular formula is C12H22N4O3S2. The molecular weight excluding hydrogens is 312 g/mol. The number of aromatic amines is 1. The molecule has 21 heavy (non-hydrogen) atoms. The predicted octanol–water partition coefficient (Wildman–Crippen LogP) is 1.58. The third kappa shape index (κ3) is 6.96. The molecule has 3 N–H and O–H groups in total. The Labute approximate surface area is 129 Å². The van der Waals surface area contributed by atoms with Crippen LogP contribution < -0.4 is 5.32 Å². The molecule has 0 aliphatic carbocycles. The van der Waals surface area contributed by atoms with Crippen molar-refractivity contribution in [3.05, 3.63) is 17.7 Å². The summed E-state index contributed by atoms with van der Waals surface area (Å²) in [7, 11) is -4.27. The minimum absolute atomic E-state index is 0.340. The number of unbranched alkanes of at least 4 members (excludes halogenated alkanes) is 1. The third-order valence-electron chi connectivity index (χ3n) is 2.71. The van der Waals surface area contributed by atoms with Crippen LogP contribution in [0.1, 0.15) is 31.2 Å². The Hall–Kier alpha value is -1.06. The molecule has 0 aromatic carbocycles. The van der Waals surface area contributed by atoms with Gasteiger partial charge in [0.15, 0.2) is 0 Å². The number of thioether (sulfide) groups is 1. The van der Waals surface area contributed by atoms with Crippen LogP contribution in [0, 0.1) is 6.92 Å². The summed E-state index contributed by atoms with van der Waals surface area (Å²) in [6.07, 6.45) is 3.36. The van der Waals surface area contributed by atoms with Crippen molar-refractivity contribution in [2.45, 2.75) is 32.4 Å². The van der Waals surface area contributed by atoms with Crippen LogP contribution >= 0.6 is 11.8 Å². The molecule has 0 amide bonds. The van der Waals surface area contributed by atoms with E-state index in [0.717, 1.165) is 30.0 Å². The van der Waals surface area contributed by atoms with E-state index >= 15 is 0 Å². The number of hydrogen-bond donors (Lipinski definition) is 3. The van der Waals surface area contributed by atoms with Crippen molar-refractivity contribution in [1.82, 2.24) is 15.3 Å². The zero-order chi connectivity index (χ0) is 15.7. The number of aliphatic imine (C=N–C) groups is 1. The average molecular weight is 334 g/mol. The van der Waals surface area contributed by atoms with Crippen molar-refractivity contribution < 1.29 is 13.0 Å². The normalized spacial score (nSPS) is 12.6. The second kappa shape index (κ2) is 9.06. The van der Waals surface area contributed by atoms with E-state index in [1.807, 2.05) is 13.8 Å². The van der Waals surface area contributed by atoms with Crippen LogP contribution in [-0.2, 0) is 15.9 Å². The van der Waals surface area contributed by atoms with Crippen LogP contribution in [0.25, 0.3) is 0 Å². The molecule has 1 aromatic heterocycles. The number of rotatable bonds is 8. The van der Waals surface area contributed by atoms with Crippen LogP contribution in [0.5, 0.6) is 0 Å². The number of nitrogens with zero attached hydrogens (tertiary/aromatic N) is 2. The molecule has 0 spiro atoms. The third-order valence-corrected chi connectivity index (χ3v) is 4.44. The first-order chi connectivity index (χ1) is 9.95. The molecule has 120 valence electrons. The summed E-state index contributed by atoms with van der Waals surface area (Å²) in [5.74, 6) is 1.44. The highest BCUT2D eigenvalue weighted by molar-refractivity contribution is 8.01. The smallest absolute Gasteiger partial charge is 0.327 e. The fourth-order valence-electron chi connectivity index (χ4n) is 1.50. The van der Waals surface area contributed by atoms with Crippen molar-refractivity contribution in [3.8, 4) is 0 Å². The molecule has 0 bridgehead atoms. The molecule has 0 aliphatic heterocycles. The standard InChI is InChI=1S/C12H22N4O3S2/c1-3-4-5-13-12(21(17,18)19)14-6-7-20-8-11-10(2)15-9-16-11/h9H,3-8H2,1-2H3,(H,13,14)(H,15,16)(H,17,18,19). The zero-order valence-corrected chi connectivity index (χ0v) is 13.9. The number of aromatic nitrogens is 2. The quantitative estimate of drug-likeness (QED) is 0.288. The number of amidine groups is 1. The predicted molar refractivity (Wildman–Crippen MR) is 86.2 cm³/mol. The van der Waals surface area contributed by atoms with Crippen LogP contribution in [0.4, 0.5) is 0 Å². The van der Waals surface area contributed by atoms with E-state index in [4.69, 9.17) is 4.55 Å². The lowest BCUT2D eigenvalue weighted by molar-refractivity contribution is 0.496. The van der Waals surface area contributed by atoms with Crippen molar-refractivity contribution in [2.75, 3.05) is 18.8 Å².